The molecule has 2 aromatic heterocycles. The number of aromatic hydroxyl groups is 1. The van der Waals surface area contributed by atoms with Crippen LogP contribution in [0.3, 0.4) is 0 Å². The minimum atomic E-state index is -0.540. The summed E-state index contributed by atoms with van der Waals surface area (Å²) in [6, 6.07) is 9.73. The zero-order valence-corrected chi connectivity index (χ0v) is 19.0. The summed E-state index contributed by atoms with van der Waals surface area (Å²) in [4.78, 5) is 29.8. The van der Waals surface area contributed by atoms with Gasteiger partial charge in [0.05, 0.1) is 41.2 Å². The fraction of sp³-hybridized carbons (Fsp3) is 0.174. The number of halogens is 2. The van der Waals surface area contributed by atoms with Crippen LogP contribution in [0.1, 0.15) is 22.3 Å². The molecule has 4 aromatic rings. The van der Waals surface area contributed by atoms with Crippen LogP contribution < -0.4 is 14.8 Å². The minimum Gasteiger partial charge on any atom is -0.503 e. The number of imidazole rings is 1. The van der Waals surface area contributed by atoms with E-state index in [4.69, 9.17) is 21.1 Å². The summed E-state index contributed by atoms with van der Waals surface area (Å²) >= 11 is 7.24. The third-order valence-corrected chi connectivity index (χ3v) is 6.07. The smallest absolute Gasteiger partial charge is 0.338 e. The molecule has 1 N–H and O–H groups in total. The molecular weight excluding hydrogens is 471 g/mol. The third-order valence-electron chi connectivity index (χ3n) is 4.80. The number of phenols is 1. The monoisotopic (exact) mass is 488 g/mol. The fourth-order valence-electron chi connectivity index (χ4n) is 3.14. The van der Waals surface area contributed by atoms with Gasteiger partial charge in [0.25, 0.3) is 5.56 Å². The molecule has 0 fully saturated rings. The summed E-state index contributed by atoms with van der Waals surface area (Å²) in [6.45, 7) is -0.509. The van der Waals surface area contributed by atoms with Crippen LogP contribution in [0, 0.1) is 0 Å². The average molecular weight is 489 g/mol. The molecular formula is C23H18ClFN2O5S. The van der Waals surface area contributed by atoms with Gasteiger partial charge in [-0.05, 0) is 35.9 Å². The van der Waals surface area contributed by atoms with Crippen molar-refractivity contribution in [2.75, 3.05) is 20.4 Å². The first-order chi connectivity index (χ1) is 15.9. The molecule has 0 aliphatic rings. The first kappa shape index (κ1) is 22.8. The Kier molecular flexibility index (Phi) is 6.62. The molecule has 0 unspecified atom stereocenters. The highest BCUT2D eigenvalue weighted by Gasteiger charge is 2.13. The highest BCUT2D eigenvalue weighted by molar-refractivity contribution is 7.15. The van der Waals surface area contributed by atoms with Gasteiger partial charge in [0.15, 0.2) is 16.5 Å². The number of fused-ring (bicyclic) bond motifs is 1. The topological polar surface area (TPSA) is 90.1 Å². The van der Waals surface area contributed by atoms with Crippen molar-refractivity contribution < 1.29 is 23.8 Å². The summed E-state index contributed by atoms with van der Waals surface area (Å²) in [7, 11) is 1.41. The molecule has 2 heterocycles. The van der Waals surface area contributed by atoms with Crippen LogP contribution in [0.2, 0.25) is 5.02 Å². The van der Waals surface area contributed by atoms with Crippen molar-refractivity contribution >= 4 is 39.9 Å². The zero-order valence-electron chi connectivity index (χ0n) is 17.4. The van der Waals surface area contributed by atoms with Gasteiger partial charge in [0.1, 0.15) is 0 Å². The molecule has 0 spiro atoms. The Labute approximate surface area is 196 Å². The quantitative estimate of drug-likeness (QED) is 0.314. The van der Waals surface area contributed by atoms with Crippen LogP contribution in [0.25, 0.3) is 22.3 Å². The largest absolute Gasteiger partial charge is 0.503 e. The number of phenolic OH excluding ortho intramolecular Hbond substituents is 1. The van der Waals surface area contributed by atoms with E-state index in [0.29, 0.717) is 26.3 Å². The lowest BCUT2D eigenvalue weighted by Crippen LogP contribution is -2.22. The lowest BCUT2D eigenvalue weighted by atomic mass is 10.1. The maximum absolute atomic E-state index is 12.9. The second-order valence-corrected chi connectivity index (χ2v) is 8.42. The van der Waals surface area contributed by atoms with Crippen LogP contribution in [0.15, 0.2) is 47.4 Å². The van der Waals surface area contributed by atoms with Crippen molar-refractivity contribution in [2.24, 2.45) is 0 Å². The number of alkyl halides is 1. The first-order valence-corrected chi connectivity index (χ1v) is 11.0. The lowest BCUT2D eigenvalue weighted by molar-refractivity contribution is 0.0494. The van der Waals surface area contributed by atoms with Gasteiger partial charge in [-0.3, -0.25) is 13.6 Å². The molecule has 0 radical (unpaired) electrons. The SMILES string of the molecule is COc1cc(/C=c2\sc3nc(-c4ccc(C(=O)OCCCF)cc4)cn3c2=O)cc(Cl)c1O. The molecule has 0 aliphatic carbocycles. The number of hydrogen-bond acceptors (Lipinski definition) is 7. The van der Waals surface area contributed by atoms with Crippen molar-refractivity contribution in [3.63, 3.8) is 0 Å². The predicted molar refractivity (Wildman–Crippen MR) is 124 cm³/mol. The molecule has 2 aromatic carbocycles. The van der Waals surface area contributed by atoms with Crippen LogP contribution >= 0.6 is 22.9 Å². The van der Waals surface area contributed by atoms with Gasteiger partial charge < -0.3 is 14.6 Å². The number of methoxy groups -OCH3 is 1. The molecule has 170 valence electrons. The van der Waals surface area contributed by atoms with Crippen molar-refractivity contribution in [3.05, 3.63) is 73.6 Å². The van der Waals surface area contributed by atoms with Crippen molar-refractivity contribution in [1.29, 1.82) is 0 Å². The number of aromatic nitrogens is 2. The highest BCUT2D eigenvalue weighted by atomic mass is 35.5. The van der Waals surface area contributed by atoms with Crippen molar-refractivity contribution in [1.82, 2.24) is 9.38 Å². The van der Waals surface area contributed by atoms with E-state index in [2.05, 4.69) is 4.98 Å². The predicted octanol–water partition coefficient (Wildman–Crippen LogP) is 3.85. The number of benzene rings is 2. The van der Waals surface area contributed by atoms with Crippen LogP contribution in [0.4, 0.5) is 4.39 Å². The third kappa shape index (κ3) is 4.69. The van der Waals surface area contributed by atoms with Crippen LogP contribution in [0.5, 0.6) is 11.5 Å². The van der Waals surface area contributed by atoms with Crippen molar-refractivity contribution in [2.45, 2.75) is 6.42 Å². The molecule has 0 aliphatic heterocycles. The summed E-state index contributed by atoms with van der Waals surface area (Å²) in [5.74, 6) is -0.475. The molecule has 0 amide bonds. The normalized spacial score (nSPS) is 11.8. The Morgan fingerprint density at radius 3 is 2.73 bits per heavy atom. The van der Waals surface area contributed by atoms with Gasteiger partial charge >= 0.3 is 5.97 Å². The molecule has 33 heavy (non-hydrogen) atoms. The molecule has 0 saturated heterocycles. The number of nitrogens with zero attached hydrogens (tertiary/aromatic N) is 2. The van der Waals surface area contributed by atoms with Crippen LogP contribution in [-0.4, -0.2) is 40.9 Å². The highest BCUT2D eigenvalue weighted by Crippen LogP contribution is 2.35. The van der Waals surface area contributed by atoms with E-state index in [1.54, 1.807) is 42.6 Å². The number of ether oxygens (including phenoxy) is 2. The van der Waals surface area contributed by atoms with Gasteiger partial charge in [-0.25, -0.2) is 9.78 Å². The summed E-state index contributed by atoms with van der Waals surface area (Å²) in [5.41, 5.74) is 2.02. The first-order valence-electron chi connectivity index (χ1n) is 9.85. The van der Waals surface area contributed by atoms with Crippen LogP contribution in [-0.2, 0) is 4.74 Å². The van der Waals surface area contributed by atoms with Gasteiger partial charge in [0, 0.05) is 18.2 Å². The number of esters is 1. The number of carbonyl (C=O) groups excluding carboxylic acids is 1. The molecule has 10 heteroatoms. The van der Waals surface area contributed by atoms with E-state index in [1.807, 2.05) is 0 Å². The Bertz CT molecular complexity index is 1430. The van der Waals surface area contributed by atoms with Gasteiger partial charge in [0.2, 0.25) is 0 Å². The van der Waals surface area contributed by atoms with E-state index < -0.39 is 12.6 Å². The number of rotatable bonds is 7. The Morgan fingerprint density at radius 1 is 1.30 bits per heavy atom. The molecule has 0 saturated carbocycles. The van der Waals surface area contributed by atoms with E-state index in [0.717, 1.165) is 5.56 Å². The summed E-state index contributed by atoms with van der Waals surface area (Å²) < 4.78 is 24.1. The molecule has 4 rings (SSSR count). The fourth-order valence-corrected chi connectivity index (χ4v) is 4.31. The van der Waals surface area contributed by atoms with E-state index >= 15 is 0 Å². The Morgan fingerprint density at radius 2 is 2.06 bits per heavy atom. The second-order valence-electron chi connectivity index (χ2n) is 7.00. The Hall–Kier alpha value is -3.43. The standard InChI is InChI=1S/C23H18ClFN2O5S/c1-31-18-10-13(9-16(24)20(18)28)11-19-21(29)27-12-17(26-23(27)33-19)14-3-5-15(6-4-14)22(30)32-8-2-7-25/h3-6,9-12,28H,2,7-8H2,1H3/b19-11-. The van der Waals surface area contributed by atoms with Gasteiger partial charge in [-0.2, -0.15) is 0 Å². The average Bonchev–Trinajstić information content (AvgIpc) is 3.35. The summed E-state index contributed by atoms with van der Waals surface area (Å²) in [5, 5.41) is 9.99. The number of hydrogen-bond donors (Lipinski definition) is 1. The van der Waals surface area contributed by atoms with E-state index in [-0.39, 0.29) is 35.1 Å². The molecule has 7 nitrogen and oxygen atoms in total. The van der Waals surface area contributed by atoms with E-state index in [1.165, 1.54) is 28.9 Å². The van der Waals surface area contributed by atoms with Crippen molar-refractivity contribution in [3.8, 4) is 22.8 Å². The second kappa shape index (κ2) is 9.60. The number of thiazole rings is 1. The van der Waals surface area contributed by atoms with Gasteiger partial charge in [-0.1, -0.05) is 35.1 Å². The zero-order chi connectivity index (χ0) is 23.5. The summed E-state index contributed by atoms with van der Waals surface area (Å²) in [6.07, 6.45) is 3.45. The Balaban J connectivity index is 1.61. The number of carbonyl (C=O) groups is 1. The lowest BCUT2D eigenvalue weighted by Gasteiger charge is -2.05. The molecule has 0 atom stereocenters. The maximum Gasteiger partial charge on any atom is 0.338 e. The molecule has 0 bridgehead atoms. The van der Waals surface area contributed by atoms with E-state index in [9.17, 15) is 19.1 Å². The van der Waals surface area contributed by atoms with Gasteiger partial charge in [-0.15, -0.1) is 0 Å². The maximum atomic E-state index is 12.9. The minimum absolute atomic E-state index is 0.0309.